The number of aryl methyl sites for hydroxylation is 1. The second-order valence-electron chi connectivity index (χ2n) is 6.63. The molecule has 3 aromatic rings. The number of rotatable bonds is 9. The molecular formula is C20H21N3O7. The lowest BCUT2D eigenvalue weighted by Crippen LogP contribution is -2.28. The van der Waals surface area contributed by atoms with Gasteiger partial charge >= 0.3 is 5.76 Å². The monoisotopic (exact) mass is 415 g/mol. The Kier molecular flexibility index (Phi) is 6.48. The molecule has 30 heavy (non-hydrogen) atoms. The fourth-order valence-electron chi connectivity index (χ4n) is 3.02. The molecule has 1 aromatic heterocycles. The van der Waals surface area contributed by atoms with Gasteiger partial charge in [0.05, 0.1) is 29.7 Å². The van der Waals surface area contributed by atoms with E-state index in [1.807, 2.05) is 0 Å². The van der Waals surface area contributed by atoms with Gasteiger partial charge in [-0.2, -0.15) is 0 Å². The third-order valence-electron chi connectivity index (χ3n) is 4.64. The topological polar surface area (TPSA) is 137 Å². The average Bonchev–Trinajstić information content (AvgIpc) is 3.06. The van der Waals surface area contributed by atoms with Crippen LogP contribution in [0.3, 0.4) is 0 Å². The van der Waals surface area contributed by atoms with Crippen LogP contribution >= 0.6 is 0 Å². The van der Waals surface area contributed by atoms with Crippen molar-refractivity contribution in [1.29, 1.82) is 0 Å². The van der Waals surface area contributed by atoms with Gasteiger partial charge in [-0.3, -0.25) is 19.5 Å². The minimum absolute atomic E-state index is 0.0589. The zero-order valence-corrected chi connectivity index (χ0v) is 16.2. The van der Waals surface area contributed by atoms with Crippen LogP contribution in [-0.2, 0) is 11.3 Å². The first-order valence-electron chi connectivity index (χ1n) is 9.25. The van der Waals surface area contributed by atoms with Gasteiger partial charge in [-0.15, -0.1) is 0 Å². The summed E-state index contributed by atoms with van der Waals surface area (Å²) in [4.78, 5) is 34.3. The number of carbonyl (C=O) groups excluding carboxylic acids is 1. The number of nitro groups is 1. The van der Waals surface area contributed by atoms with E-state index < -0.39 is 16.8 Å². The Hall–Kier alpha value is -3.66. The number of oxazole rings is 1. The van der Waals surface area contributed by atoms with Crippen LogP contribution in [0.1, 0.15) is 24.5 Å². The summed E-state index contributed by atoms with van der Waals surface area (Å²) in [5, 5.41) is 23.6. The van der Waals surface area contributed by atoms with Crippen LogP contribution in [0.5, 0.6) is 5.75 Å². The van der Waals surface area contributed by atoms with Crippen LogP contribution in [0.15, 0.2) is 51.7 Å². The van der Waals surface area contributed by atoms with Gasteiger partial charge in [-0.05, 0) is 30.2 Å². The standard InChI is InChI=1S/C20H21N3O7/c1-29-15-7-4-13(5-8-15)17(24)12-21-19(25)3-2-10-22-16-9-6-14(23(27)28)11-18(16)30-20(22)26/h4-9,11,17,24H,2-3,10,12H2,1H3,(H,21,25). The van der Waals surface area contributed by atoms with Gasteiger partial charge in [0.2, 0.25) is 5.91 Å². The zero-order chi connectivity index (χ0) is 21.7. The second-order valence-corrected chi connectivity index (χ2v) is 6.63. The summed E-state index contributed by atoms with van der Waals surface area (Å²) in [5.41, 5.74) is 1.04. The van der Waals surface area contributed by atoms with Crippen molar-refractivity contribution in [3.63, 3.8) is 0 Å². The average molecular weight is 415 g/mol. The van der Waals surface area contributed by atoms with Crippen LogP contribution in [0.2, 0.25) is 0 Å². The predicted octanol–water partition coefficient (Wildman–Crippen LogP) is 2.14. The van der Waals surface area contributed by atoms with Crippen molar-refractivity contribution in [2.24, 2.45) is 0 Å². The third kappa shape index (κ3) is 4.84. The molecule has 0 saturated carbocycles. The largest absolute Gasteiger partial charge is 0.497 e. The Labute approximate surface area is 170 Å². The third-order valence-corrected chi connectivity index (χ3v) is 4.64. The van der Waals surface area contributed by atoms with Gasteiger partial charge in [0.15, 0.2) is 5.58 Å². The van der Waals surface area contributed by atoms with E-state index in [9.17, 15) is 24.8 Å². The summed E-state index contributed by atoms with van der Waals surface area (Å²) < 4.78 is 11.4. The van der Waals surface area contributed by atoms with Crippen LogP contribution < -0.4 is 15.8 Å². The molecule has 1 unspecified atom stereocenters. The lowest BCUT2D eigenvalue weighted by molar-refractivity contribution is -0.384. The summed E-state index contributed by atoms with van der Waals surface area (Å²) >= 11 is 0. The van der Waals surface area contributed by atoms with Gasteiger partial charge in [0.25, 0.3) is 5.69 Å². The second kappa shape index (κ2) is 9.23. The van der Waals surface area contributed by atoms with Crippen LogP contribution in [0, 0.1) is 10.1 Å². The highest BCUT2D eigenvalue weighted by atomic mass is 16.6. The number of methoxy groups -OCH3 is 1. The van der Waals surface area contributed by atoms with E-state index in [-0.39, 0.29) is 36.7 Å². The number of fused-ring (bicyclic) bond motifs is 1. The normalized spacial score (nSPS) is 11.9. The number of nitrogens with zero attached hydrogens (tertiary/aromatic N) is 2. The fourth-order valence-corrected chi connectivity index (χ4v) is 3.02. The molecule has 0 aliphatic heterocycles. The molecule has 0 aliphatic carbocycles. The highest BCUT2D eigenvalue weighted by Gasteiger charge is 2.15. The first-order valence-corrected chi connectivity index (χ1v) is 9.25. The maximum Gasteiger partial charge on any atom is 0.419 e. The predicted molar refractivity (Wildman–Crippen MR) is 107 cm³/mol. The molecule has 1 amide bonds. The number of amides is 1. The molecule has 0 fully saturated rings. The van der Waals surface area contributed by atoms with E-state index in [0.717, 1.165) is 0 Å². The summed E-state index contributed by atoms with van der Waals surface area (Å²) in [6.07, 6.45) is -0.353. The molecule has 2 N–H and O–H groups in total. The summed E-state index contributed by atoms with van der Waals surface area (Å²) in [7, 11) is 1.55. The first-order chi connectivity index (χ1) is 14.4. The quantitative estimate of drug-likeness (QED) is 0.403. The molecule has 10 nitrogen and oxygen atoms in total. The number of carbonyl (C=O) groups is 1. The van der Waals surface area contributed by atoms with E-state index in [4.69, 9.17) is 9.15 Å². The molecule has 10 heteroatoms. The fraction of sp³-hybridized carbons (Fsp3) is 0.300. The lowest BCUT2D eigenvalue weighted by atomic mass is 10.1. The molecule has 0 bridgehead atoms. The Balaban J connectivity index is 1.51. The summed E-state index contributed by atoms with van der Waals surface area (Å²) in [5.74, 6) is -0.230. The van der Waals surface area contributed by atoms with Crippen LogP contribution in [0.4, 0.5) is 5.69 Å². The maximum atomic E-state index is 12.0. The summed E-state index contributed by atoms with van der Waals surface area (Å²) in [6, 6.07) is 10.8. The number of aliphatic hydroxyl groups is 1. The molecule has 0 saturated heterocycles. The van der Waals surface area contributed by atoms with Crippen molar-refractivity contribution < 1.29 is 24.0 Å². The minimum Gasteiger partial charge on any atom is -0.497 e. The van der Waals surface area contributed by atoms with Gasteiger partial charge in [0, 0.05) is 25.6 Å². The van der Waals surface area contributed by atoms with E-state index in [0.29, 0.717) is 23.3 Å². The van der Waals surface area contributed by atoms with Gasteiger partial charge < -0.3 is 19.6 Å². The van der Waals surface area contributed by atoms with Crippen molar-refractivity contribution in [1.82, 2.24) is 9.88 Å². The molecule has 158 valence electrons. The molecule has 2 aromatic carbocycles. The van der Waals surface area contributed by atoms with Crippen molar-refractivity contribution in [2.45, 2.75) is 25.5 Å². The van der Waals surface area contributed by atoms with Crippen molar-refractivity contribution >= 4 is 22.7 Å². The first kappa shape index (κ1) is 21.1. The number of non-ortho nitro benzene ring substituents is 1. The van der Waals surface area contributed by atoms with E-state index >= 15 is 0 Å². The molecular weight excluding hydrogens is 394 g/mol. The molecule has 0 spiro atoms. The summed E-state index contributed by atoms with van der Waals surface area (Å²) in [6.45, 7) is 0.279. The number of aliphatic hydroxyl groups excluding tert-OH is 1. The number of aromatic nitrogens is 1. The Morgan fingerprint density at radius 1 is 1.30 bits per heavy atom. The van der Waals surface area contributed by atoms with Gasteiger partial charge in [-0.25, -0.2) is 4.79 Å². The Morgan fingerprint density at radius 3 is 2.70 bits per heavy atom. The maximum absolute atomic E-state index is 12.0. The SMILES string of the molecule is COc1ccc(C(O)CNC(=O)CCCn2c(=O)oc3cc([N+](=O)[O-])ccc32)cc1. The number of ether oxygens (including phenoxy) is 1. The Bertz CT molecular complexity index is 1100. The highest BCUT2D eigenvalue weighted by molar-refractivity contribution is 5.76. The van der Waals surface area contributed by atoms with E-state index in [1.165, 1.54) is 22.8 Å². The minimum atomic E-state index is -0.851. The number of nitrogens with one attached hydrogen (secondary N) is 1. The number of hydrogen-bond acceptors (Lipinski definition) is 7. The number of nitro benzene ring substituents is 1. The van der Waals surface area contributed by atoms with Crippen molar-refractivity contribution in [3.05, 3.63) is 68.7 Å². The number of hydrogen-bond donors (Lipinski definition) is 2. The van der Waals surface area contributed by atoms with Crippen LogP contribution in [-0.4, -0.2) is 34.2 Å². The Morgan fingerprint density at radius 2 is 2.03 bits per heavy atom. The molecule has 1 heterocycles. The molecule has 3 rings (SSSR count). The van der Waals surface area contributed by atoms with E-state index in [2.05, 4.69) is 5.32 Å². The van der Waals surface area contributed by atoms with Gasteiger partial charge in [-0.1, -0.05) is 12.1 Å². The van der Waals surface area contributed by atoms with Gasteiger partial charge in [0.1, 0.15) is 5.75 Å². The van der Waals surface area contributed by atoms with E-state index in [1.54, 1.807) is 31.4 Å². The van der Waals surface area contributed by atoms with Crippen LogP contribution in [0.25, 0.3) is 11.1 Å². The van der Waals surface area contributed by atoms with Crippen molar-refractivity contribution in [2.75, 3.05) is 13.7 Å². The smallest absolute Gasteiger partial charge is 0.419 e. The zero-order valence-electron chi connectivity index (χ0n) is 16.2. The highest BCUT2D eigenvalue weighted by Crippen LogP contribution is 2.20. The number of benzene rings is 2. The molecule has 1 atom stereocenters. The van der Waals surface area contributed by atoms with Crippen molar-refractivity contribution in [3.8, 4) is 5.75 Å². The molecule has 0 aliphatic rings. The molecule has 0 radical (unpaired) electrons. The lowest BCUT2D eigenvalue weighted by Gasteiger charge is -2.13.